The van der Waals surface area contributed by atoms with Gasteiger partial charge in [-0.3, -0.25) is 4.79 Å². The molecule has 0 aliphatic heterocycles. The summed E-state index contributed by atoms with van der Waals surface area (Å²) in [5.41, 5.74) is 1.57. The fraction of sp³-hybridized carbons (Fsp3) is 0. The summed E-state index contributed by atoms with van der Waals surface area (Å²) in [5, 5.41) is 1.56. The number of para-hydroxylation sites is 1. The predicted octanol–water partition coefficient (Wildman–Crippen LogP) is 5.75. The van der Waals surface area contributed by atoms with Crippen LogP contribution in [0.25, 0.3) is 22.0 Å². The van der Waals surface area contributed by atoms with Crippen molar-refractivity contribution in [2.75, 3.05) is 0 Å². The molecule has 3 nitrogen and oxygen atoms in total. The summed E-state index contributed by atoms with van der Waals surface area (Å²) in [6.07, 6.45) is 0. The van der Waals surface area contributed by atoms with Crippen LogP contribution in [0.5, 0.6) is 11.5 Å². The van der Waals surface area contributed by atoms with Gasteiger partial charge in [-0.1, -0.05) is 36.4 Å². The van der Waals surface area contributed by atoms with Crippen molar-refractivity contribution >= 4 is 26.7 Å². The minimum atomic E-state index is -0.0987. The number of nitrogens with one attached hydrogen (secondary N) is 1. The van der Waals surface area contributed by atoms with E-state index in [0.717, 1.165) is 32.6 Å². The maximum absolute atomic E-state index is 12.3. The highest BCUT2D eigenvalue weighted by molar-refractivity contribution is 9.10. The van der Waals surface area contributed by atoms with E-state index in [4.69, 9.17) is 4.74 Å². The van der Waals surface area contributed by atoms with Gasteiger partial charge in [-0.25, -0.2) is 0 Å². The van der Waals surface area contributed by atoms with Crippen molar-refractivity contribution in [2.45, 2.75) is 0 Å². The van der Waals surface area contributed by atoms with Gasteiger partial charge in [0.2, 0.25) is 0 Å². The van der Waals surface area contributed by atoms with E-state index in [2.05, 4.69) is 20.9 Å². The Morgan fingerprint density at radius 2 is 1.32 bits per heavy atom. The zero-order valence-corrected chi connectivity index (χ0v) is 14.8. The van der Waals surface area contributed by atoms with Crippen LogP contribution < -0.4 is 10.3 Å². The van der Waals surface area contributed by atoms with E-state index in [-0.39, 0.29) is 5.56 Å². The normalized spacial score (nSPS) is 10.8. The van der Waals surface area contributed by atoms with Gasteiger partial charge in [0.05, 0.1) is 5.69 Å². The molecule has 4 heteroatoms. The molecule has 0 saturated heterocycles. The summed E-state index contributed by atoms with van der Waals surface area (Å²) in [6.45, 7) is 0. The SMILES string of the molecule is O=c1[nH]c(-c2ccc(Oc3ccccc3)cc2)c(Br)c2ccccc12. The zero-order valence-electron chi connectivity index (χ0n) is 13.2. The molecule has 4 aromatic rings. The standard InChI is InChI=1S/C21H14BrNO2/c22-19-17-8-4-5-9-18(17)21(24)23-20(19)14-10-12-16(13-11-14)25-15-6-2-1-3-7-15/h1-13H,(H,23,24). The van der Waals surface area contributed by atoms with Crippen molar-refractivity contribution in [1.29, 1.82) is 0 Å². The molecule has 1 heterocycles. The number of pyridine rings is 1. The van der Waals surface area contributed by atoms with Gasteiger partial charge in [0.1, 0.15) is 11.5 Å². The summed E-state index contributed by atoms with van der Waals surface area (Å²) in [4.78, 5) is 15.3. The fourth-order valence-corrected chi connectivity index (χ4v) is 3.43. The van der Waals surface area contributed by atoms with Crippen LogP contribution in [0.4, 0.5) is 0 Å². The molecule has 0 aliphatic carbocycles. The van der Waals surface area contributed by atoms with Crippen molar-refractivity contribution in [2.24, 2.45) is 0 Å². The number of rotatable bonds is 3. The molecule has 0 bridgehead atoms. The quantitative estimate of drug-likeness (QED) is 0.482. The number of hydrogen-bond acceptors (Lipinski definition) is 2. The van der Waals surface area contributed by atoms with Crippen molar-refractivity contribution in [3.05, 3.63) is 93.7 Å². The summed E-state index contributed by atoms with van der Waals surface area (Å²) in [7, 11) is 0. The third-order valence-corrected chi connectivity index (χ3v) is 4.81. The third kappa shape index (κ3) is 3.08. The number of aromatic nitrogens is 1. The highest BCUT2D eigenvalue weighted by Gasteiger charge is 2.10. The molecule has 0 unspecified atom stereocenters. The van der Waals surface area contributed by atoms with E-state index >= 15 is 0 Å². The monoisotopic (exact) mass is 391 g/mol. The molecular weight excluding hydrogens is 378 g/mol. The van der Waals surface area contributed by atoms with Crippen LogP contribution in [0.15, 0.2) is 88.1 Å². The molecule has 0 fully saturated rings. The molecule has 0 radical (unpaired) electrons. The first-order valence-electron chi connectivity index (χ1n) is 7.86. The average molecular weight is 392 g/mol. The van der Waals surface area contributed by atoms with Gasteiger partial charge in [-0.2, -0.15) is 0 Å². The minimum Gasteiger partial charge on any atom is -0.457 e. The van der Waals surface area contributed by atoms with Gasteiger partial charge in [-0.05, 0) is 64.0 Å². The topological polar surface area (TPSA) is 42.1 Å². The number of ether oxygens (including phenoxy) is 1. The fourth-order valence-electron chi connectivity index (χ4n) is 2.76. The molecule has 3 aromatic carbocycles. The van der Waals surface area contributed by atoms with Crippen molar-refractivity contribution < 1.29 is 4.74 Å². The number of hydrogen-bond donors (Lipinski definition) is 1. The van der Waals surface area contributed by atoms with E-state index in [1.54, 1.807) is 0 Å². The Balaban J connectivity index is 1.72. The van der Waals surface area contributed by atoms with E-state index in [0.29, 0.717) is 5.39 Å². The number of halogens is 1. The highest BCUT2D eigenvalue weighted by atomic mass is 79.9. The van der Waals surface area contributed by atoms with E-state index < -0.39 is 0 Å². The molecule has 25 heavy (non-hydrogen) atoms. The van der Waals surface area contributed by atoms with Gasteiger partial charge in [0.15, 0.2) is 0 Å². The van der Waals surface area contributed by atoms with Crippen molar-refractivity contribution in [3.8, 4) is 22.8 Å². The second-order valence-corrected chi connectivity index (χ2v) is 6.42. The lowest BCUT2D eigenvalue weighted by Crippen LogP contribution is -2.08. The smallest absolute Gasteiger partial charge is 0.256 e. The number of benzene rings is 3. The molecule has 0 aliphatic rings. The van der Waals surface area contributed by atoms with Crippen LogP contribution in [0.3, 0.4) is 0 Å². The Labute approximate surface area is 153 Å². The maximum atomic E-state index is 12.3. The van der Waals surface area contributed by atoms with Crippen LogP contribution in [-0.4, -0.2) is 4.98 Å². The molecule has 0 atom stereocenters. The number of H-pyrrole nitrogens is 1. The van der Waals surface area contributed by atoms with E-state index in [1.165, 1.54) is 0 Å². The summed E-state index contributed by atoms with van der Waals surface area (Å²) in [5.74, 6) is 1.53. The molecule has 1 N–H and O–H groups in total. The minimum absolute atomic E-state index is 0.0987. The lowest BCUT2D eigenvalue weighted by atomic mass is 10.1. The second-order valence-electron chi connectivity index (χ2n) is 5.63. The Kier molecular flexibility index (Phi) is 4.12. The number of aromatic amines is 1. The molecule has 0 saturated carbocycles. The Hall–Kier alpha value is -2.85. The molecule has 4 rings (SSSR count). The van der Waals surface area contributed by atoms with Gasteiger partial charge in [0, 0.05) is 15.2 Å². The van der Waals surface area contributed by atoms with Crippen LogP contribution in [0.1, 0.15) is 0 Å². The molecule has 122 valence electrons. The predicted molar refractivity (Wildman–Crippen MR) is 104 cm³/mol. The Morgan fingerprint density at radius 1 is 0.720 bits per heavy atom. The third-order valence-electron chi connectivity index (χ3n) is 3.99. The lowest BCUT2D eigenvalue weighted by Gasteiger charge is -2.10. The van der Waals surface area contributed by atoms with Crippen LogP contribution in [0.2, 0.25) is 0 Å². The summed E-state index contributed by atoms with van der Waals surface area (Å²) in [6, 6.07) is 24.8. The summed E-state index contributed by atoms with van der Waals surface area (Å²) >= 11 is 3.62. The van der Waals surface area contributed by atoms with E-state index in [9.17, 15) is 4.79 Å². The molecule has 0 spiro atoms. The van der Waals surface area contributed by atoms with Gasteiger partial charge in [-0.15, -0.1) is 0 Å². The Bertz CT molecular complexity index is 1090. The second kappa shape index (κ2) is 6.57. The molecule has 1 aromatic heterocycles. The first-order chi connectivity index (χ1) is 12.2. The number of fused-ring (bicyclic) bond motifs is 1. The lowest BCUT2D eigenvalue weighted by molar-refractivity contribution is 0.483. The summed E-state index contributed by atoms with van der Waals surface area (Å²) < 4.78 is 6.68. The average Bonchev–Trinajstić information content (AvgIpc) is 2.66. The van der Waals surface area contributed by atoms with E-state index in [1.807, 2.05) is 78.9 Å². The van der Waals surface area contributed by atoms with Crippen LogP contribution in [0, 0.1) is 0 Å². The Morgan fingerprint density at radius 3 is 2.04 bits per heavy atom. The molecule has 0 amide bonds. The van der Waals surface area contributed by atoms with Gasteiger partial charge < -0.3 is 9.72 Å². The first kappa shape index (κ1) is 15.7. The highest BCUT2D eigenvalue weighted by Crippen LogP contribution is 2.32. The molecular formula is C21H14BrNO2. The van der Waals surface area contributed by atoms with Crippen LogP contribution in [-0.2, 0) is 0 Å². The largest absolute Gasteiger partial charge is 0.457 e. The van der Waals surface area contributed by atoms with Gasteiger partial charge >= 0.3 is 0 Å². The van der Waals surface area contributed by atoms with Gasteiger partial charge in [0.25, 0.3) is 5.56 Å². The van der Waals surface area contributed by atoms with Crippen molar-refractivity contribution in [1.82, 2.24) is 4.98 Å². The maximum Gasteiger partial charge on any atom is 0.256 e. The zero-order chi connectivity index (χ0) is 17.2. The first-order valence-corrected chi connectivity index (χ1v) is 8.65. The van der Waals surface area contributed by atoms with Crippen LogP contribution >= 0.6 is 15.9 Å². The van der Waals surface area contributed by atoms with Crippen molar-refractivity contribution in [3.63, 3.8) is 0 Å².